The maximum atomic E-state index is 6.42. The Bertz CT molecular complexity index is 445. The van der Waals surface area contributed by atoms with Crippen molar-refractivity contribution < 1.29 is 4.74 Å². The molecule has 0 aromatic heterocycles. The van der Waals surface area contributed by atoms with Gasteiger partial charge in [0, 0.05) is 13.2 Å². The normalized spacial score (nSPS) is 22.4. The highest BCUT2D eigenvalue weighted by Crippen LogP contribution is 2.41. The number of aryl methyl sites for hydroxylation is 2. The lowest BCUT2D eigenvalue weighted by Crippen LogP contribution is -2.41. The van der Waals surface area contributed by atoms with Crippen LogP contribution in [0.3, 0.4) is 0 Å². The zero-order valence-corrected chi connectivity index (χ0v) is 12.0. The van der Waals surface area contributed by atoms with Crippen LogP contribution in [0.2, 0.25) is 0 Å². The average Bonchev–Trinajstić information content (AvgIpc) is 2.42. The number of nitrogens with two attached hydrogens (primary N) is 1. The number of hydrogen-bond acceptors (Lipinski definition) is 2. The molecule has 2 nitrogen and oxygen atoms in total. The Morgan fingerprint density at radius 3 is 2.53 bits per heavy atom. The van der Waals surface area contributed by atoms with E-state index in [1.54, 1.807) is 0 Å². The SMILES string of the molecule is COC1(CC(N)c2ccc3c(c2)CCCC3)CCC1. The summed E-state index contributed by atoms with van der Waals surface area (Å²) in [5.74, 6) is 0. The summed E-state index contributed by atoms with van der Waals surface area (Å²) in [4.78, 5) is 0. The third-order valence-corrected chi connectivity index (χ3v) is 5.09. The van der Waals surface area contributed by atoms with Crippen LogP contribution in [-0.4, -0.2) is 12.7 Å². The third kappa shape index (κ3) is 2.56. The van der Waals surface area contributed by atoms with Crippen molar-refractivity contribution in [1.82, 2.24) is 0 Å². The largest absolute Gasteiger partial charge is 0.378 e. The monoisotopic (exact) mass is 259 g/mol. The van der Waals surface area contributed by atoms with E-state index in [1.807, 2.05) is 7.11 Å². The van der Waals surface area contributed by atoms with E-state index in [0.717, 1.165) is 6.42 Å². The Morgan fingerprint density at radius 2 is 1.89 bits per heavy atom. The highest BCUT2D eigenvalue weighted by molar-refractivity contribution is 5.35. The summed E-state index contributed by atoms with van der Waals surface area (Å²) < 4.78 is 5.70. The molecule has 0 bridgehead atoms. The summed E-state index contributed by atoms with van der Waals surface area (Å²) in [6.07, 6.45) is 9.72. The Morgan fingerprint density at radius 1 is 1.16 bits per heavy atom. The van der Waals surface area contributed by atoms with Gasteiger partial charge in [-0.3, -0.25) is 0 Å². The molecule has 0 spiro atoms. The maximum absolute atomic E-state index is 6.42. The Hall–Kier alpha value is -0.860. The van der Waals surface area contributed by atoms with Crippen LogP contribution < -0.4 is 5.73 Å². The van der Waals surface area contributed by atoms with Gasteiger partial charge >= 0.3 is 0 Å². The number of benzene rings is 1. The van der Waals surface area contributed by atoms with Crippen LogP contribution in [0.25, 0.3) is 0 Å². The zero-order valence-electron chi connectivity index (χ0n) is 12.0. The van der Waals surface area contributed by atoms with E-state index in [9.17, 15) is 0 Å². The highest BCUT2D eigenvalue weighted by Gasteiger charge is 2.38. The lowest BCUT2D eigenvalue weighted by Gasteiger charge is -2.42. The molecule has 19 heavy (non-hydrogen) atoms. The van der Waals surface area contributed by atoms with Gasteiger partial charge in [0.25, 0.3) is 0 Å². The van der Waals surface area contributed by atoms with Gasteiger partial charge in [0.1, 0.15) is 0 Å². The number of methoxy groups -OCH3 is 1. The van der Waals surface area contributed by atoms with Gasteiger partial charge in [-0.1, -0.05) is 18.2 Å². The Labute approximate surface area is 116 Å². The summed E-state index contributed by atoms with van der Waals surface area (Å²) in [6, 6.07) is 6.99. The summed E-state index contributed by atoms with van der Waals surface area (Å²) in [7, 11) is 1.83. The van der Waals surface area contributed by atoms with Gasteiger partial charge in [0.2, 0.25) is 0 Å². The van der Waals surface area contributed by atoms with Crippen molar-refractivity contribution in [3.63, 3.8) is 0 Å². The van der Waals surface area contributed by atoms with Crippen molar-refractivity contribution in [2.45, 2.75) is 63.0 Å². The fourth-order valence-corrected chi connectivity index (χ4v) is 3.57. The smallest absolute Gasteiger partial charge is 0.0696 e. The standard InChI is InChI=1S/C17H25NO/c1-19-17(9-4-10-17)12-16(18)15-8-7-13-5-2-3-6-14(13)11-15/h7-8,11,16H,2-6,9-10,12,18H2,1H3. The molecule has 1 saturated carbocycles. The van der Waals surface area contributed by atoms with Gasteiger partial charge in [0.15, 0.2) is 0 Å². The fourth-order valence-electron chi connectivity index (χ4n) is 3.57. The van der Waals surface area contributed by atoms with E-state index in [4.69, 9.17) is 10.5 Å². The summed E-state index contributed by atoms with van der Waals surface area (Å²) in [6.45, 7) is 0. The van der Waals surface area contributed by atoms with Crippen molar-refractivity contribution in [2.75, 3.05) is 7.11 Å². The minimum absolute atomic E-state index is 0.0648. The van der Waals surface area contributed by atoms with Crippen LogP contribution in [0.1, 0.15) is 61.3 Å². The second-order valence-electron chi connectivity index (χ2n) is 6.29. The average molecular weight is 259 g/mol. The van der Waals surface area contributed by atoms with Crippen molar-refractivity contribution in [3.8, 4) is 0 Å². The van der Waals surface area contributed by atoms with Crippen molar-refractivity contribution >= 4 is 0 Å². The molecule has 2 aliphatic rings. The summed E-state index contributed by atoms with van der Waals surface area (Å²) >= 11 is 0. The molecule has 0 amide bonds. The molecule has 0 saturated heterocycles. The molecule has 1 unspecified atom stereocenters. The molecule has 0 radical (unpaired) electrons. The number of rotatable bonds is 4. The maximum Gasteiger partial charge on any atom is 0.0696 e. The lowest BCUT2D eigenvalue weighted by molar-refractivity contribution is -0.0817. The number of hydrogen-bond donors (Lipinski definition) is 1. The molecule has 1 fully saturated rings. The third-order valence-electron chi connectivity index (χ3n) is 5.09. The minimum atomic E-state index is 0.0648. The highest BCUT2D eigenvalue weighted by atomic mass is 16.5. The fraction of sp³-hybridized carbons (Fsp3) is 0.647. The molecule has 3 rings (SSSR count). The predicted molar refractivity (Wildman–Crippen MR) is 78.2 cm³/mol. The topological polar surface area (TPSA) is 35.2 Å². The molecule has 2 N–H and O–H groups in total. The first kappa shape index (κ1) is 13.1. The van der Waals surface area contributed by atoms with Gasteiger partial charge in [-0.25, -0.2) is 0 Å². The molecule has 0 heterocycles. The second-order valence-corrected chi connectivity index (χ2v) is 6.29. The number of fused-ring (bicyclic) bond motifs is 1. The molecule has 1 aromatic rings. The molecule has 0 aliphatic heterocycles. The first-order valence-electron chi connectivity index (χ1n) is 7.65. The molecular weight excluding hydrogens is 234 g/mol. The zero-order chi connectivity index (χ0) is 13.3. The van der Waals surface area contributed by atoms with Crippen molar-refractivity contribution in [3.05, 3.63) is 34.9 Å². The molecule has 104 valence electrons. The second kappa shape index (κ2) is 5.26. The van der Waals surface area contributed by atoms with Crippen LogP contribution >= 0.6 is 0 Å². The van der Waals surface area contributed by atoms with Gasteiger partial charge in [0.05, 0.1) is 5.60 Å². The van der Waals surface area contributed by atoms with E-state index in [2.05, 4.69) is 18.2 Å². The van der Waals surface area contributed by atoms with Gasteiger partial charge < -0.3 is 10.5 Å². The minimum Gasteiger partial charge on any atom is -0.378 e. The van der Waals surface area contributed by atoms with Crippen LogP contribution in [0.15, 0.2) is 18.2 Å². The quantitative estimate of drug-likeness (QED) is 0.898. The predicted octanol–water partition coefficient (Wildman–Crippen LogP) is 3.52. The summed E-state index contributed by atoms with van der Waals surface area (Å²) in [5.41, 5.74) is 10.8. The van der Waals surface area contributed by atoms with Crippen molar-refractivity contribution in [2.24, 2.45) is 5.73 Å². The van der Waals surface area contributed by atoms with Crippen LogP contribution in [0, 0.1) is 0 Å². The van der Waals surface area contributed by atoms with Crippen LogP contribution in [0.4, 0.5) is 0 Å². The van der Waals surface area contributed by atoms with E-state index < -0.39 is 0 Å². The van der Waals surface area contributed by atoms with Crippen LogP contribution in [0.5, 0.6) is 0 Å². The molecule has 1 atom stereocenters. The van der Waals surface area contributed by atoms with E-state index in [-0.39, 0.29) is 11.6 Å². The van der Waals surface area contributed by atoms with E-state index in [1.165, 1.54) is 61.6 Å². The van der Waals surface area contributed by atoms with Gasteiger partial charge in [-0.15, -0.1) is 0 Å². The van der Waals surface area contributed by atoms with E-state index in [0.29, 0.717) is 0 Å². The van der Waals surface area contributed by atoms with Gasteiger partial charge in [-0.05, 0) is 68.1 Å². The number of ether oxygens (including phenoxy) is 1. The van der Waals surface area contributed by atoms with Gasteiger partial charge in [-0.2, -0.15) is 0 Å². The first-order chi connectivity index (χ1) is 9.22. The van der Waals surface area contributed by atoms with E-state index >= 15 is 0 Å². The van der Waals surface area contributed by atoms with Crippen molar-refractivity contribution in [1.29, 1.82) is 0 Å². The Kier molecular flexibility index (Phi) is 3.64. The first-order valence-corrected chi connectivity index (χ1v) is 7.65. The summed E-state index contributed by atoms with van der Waals surface area (Å²) in [5, 5.41) is 0. The Balaban J connectivity index is 1.74. The molecule has 2 heteroatoms. The van der Waals surface area contributed by atoms with Crippen LogP contribution in [-0.2, 0) is 17.6 Å². The molecular formula is C17H25NO. The lowest BCUT2D eigenvalue weighted by atomic mass is 9.74. The molecule has 1 aromatic carbocycles. The molecule has 2 aliphatic carbocycles.